The van der Waals surface area contributed by atoms with E-state index in [0.29, 0.717) is 6.54 Å². The molecular formula is C23H27BrN2O4. The monoisotopic (exact) mass is 474 g/mol. The molecule has 0 radical (unpaired) electrons. The van der Waals surface area contributed by atoms with Crippen molar-refractivity contribution in [1.82, 2.24) is 10.2 Å². The van der Waals surface area contributed by atoms with Gasteiger partial charge in [-0.1, -0.05) is 28.1 Å². The highest BCUT2D eigenvalue weighted by Gasteiger charge is 2.34. The van der Waals surface area contributed by atoms with Gasteiger partial charge in [-0.25, -0.2) is 0 Å². The zero-order valence-electron chi connectivity index (χ0n) is 17.5. The summed E-state index contributed by atoms with van der Waals surface area (Å²) in [5, 5.41) is 2.92. The molecule has 1 aliphatic rings. The average Bonchev–Trinajstić information content (AvgIpc) is 3.56. The minimum Gasteiger partial charge on any atom is -0.497 e. The molecule has 2 aromatic rings. The van der Waals surface area contributed by atoms with Crippen molar-refractivity contribution >= 4 is 27.7 Å². The average molecular weight is 475 g/mol. The van der Waals surface area contributed by atoms with Crippen molar-refractivity contribution < 1.29 is 19.1 Å². The van der Waals surface area contributed by atoms with E-state index in [1.165, 1.54) is 6.92 Å². The second-order valence-electron chi connectivity index (χ2n) is 7.44. The van der Waals surface area contributed by atoms with E-state index in [1.54, 1.807) is 14.2 Å². The molecule has 0 heterocycles. The lowest BCUT2D eigenvalue weighted by molar-refractivity contribution is -0.133. The van der Waals surface area contributed by atoms with E-state index in [2.05, 4.69) is 21.2 Å². The molecule has 30 heavy (non-hydrogen) atoms. The maximum Gasteiger partial charge on any atom is 0.225 e. The van der Waals surface area contributed by atoms with Crippen LogP contribution < -0.4 is 14.8 Å². The molecule has 3 rings (SSSR count). The molecule has 0 aromatic heterocycles. The topological polar surface area (TPSA) is 67.9 Å². The number of benzene rings is 2. The molecule has 7 heteroatoms. The smallest absolute Gasteiger partial charge is 0.225 e. The number of ether oxygens (including phenoxy) is 2. The summed E-state index contributed by atoms with van der Waals surface area (Å²) in [6, 6.07) is 13.1. The van der Waals surface area contributed by atoms with Crippen LogP contribution in [0.4, 0.5) is 0 Å². The van der Waals surface area contributed by atoms with E-state index in [-0.39, 0.29) is 30.3 Å². The standard InChI is InChI=1S/C23H27BrN2O4/c1-15(27)25-21(16-4-6-18(24)7-5-16)13-23(28)26(19-8-9-19)14-17-12-20(29-2)10-11-22(17)30-3/h4-7,10-12,19,21H,8-9,13-14H2,1-3H3,(H,25,27). The van der Waals surface area contributed by atoms with E-state index in [0.717, 1.165) is 39.9 Å². The Bertz CT molecular complexity index is 897. The number of nitrogens with one attached hydrogen (secondary N) is 1. The summed E-state index contributed by atoms with van der Waals surface area (Å²) >= 11 is 3.42. The molecule has 6 nitrogen and oxygen atoms in total. The molecule has 2 amide bonds. The van der Waals surface area contributed by atoms with Crippen LogP contribution in [0.15, 0.2) is 46.9 Å². The highest BCUT2D eigenvalue weighted by molar-refractivity contribution is 9.10. The van der Waals surface area contributed by atoms with Crippen molar-refractivity contribution in [2.75, 3.05) is 14.2 Å². The van der Waals surface area contributed by atoms with Gasteiger partial charge in [0.1, 0.15) is 11.5 Å². The molecule has 0 bridgehead atoms. The molecule has 0 spiro atoms. The fourth-order valence-electron chi connectivity index (χ4n) is 3.48. The molecule has 2 aromatic carbocycles. The van der Waals surface area contributed by atoms with Crippen molar-refractivity contribution in [1.29, 1.82) is 0 Å². The number of rotatable bonds is 9. The van der Waals surface area contributed by atoms with Crippen LogP contribution in [0.2, 0.25) is 0 Å². The summed E-state index contributed by atoms with van der Waals surface area (Å²) in [5.74, 6) is 1.28. The normalized spacial score (nSPS) is 14.0. The third-order valence-corrected chi connectivity index (χ3v) is 5.69. The first-order valence-electron chi connectivity index (χ1n) is 9.94. The number of carbonyl (C=O) groups excluding carboxylic acids is 2. The fourth-order valence-corrected chi connectivity index (χ4v) is 3.74. The Hall–Kier alpha value is -2.54. The van der Waals surface area contributed by atoms with Crippen molar-refractivity contribution in [2.45, 2.75) is 44.8 Å². The largest absolute Gasteiger partial charge is 0.497 e. The first-order valence-corrected chi connectivity index (χ1v) is 10.7. The van der Waals surface area contributed by atoms with Gasteiger partial charge in [0.2, 0.25) is 11.8 Å². The second-order valence-corrected chi connectivity index (χ2v) is 8.36. The van der Waals surface area contributed by atoms with Gasteiger partial charge in [0.05, 0.1) is 26.7 Å². The fraction of sp³-hybridized carbons (Fsp3) is 0.391. The summed E-state index contributed by atoms with van der Waals surface area (Å²) < 4.78 is 11.8. The SMILES string of the molecule is COc1ccc(OC)c(CN(C(=O)CC(NC(C)=O)c2ccc(Br)cc2)C2CC2)c1. The van der Waals surface area contributed by atoms with E-state index >= 15 is 0 Å². The lowest BCUT2D eigenvalue weighted by Gasteiger charge is -2.27. The molecule has 160 valence electrons. The molecule has 1 saturated carbocycles. The lowest BCUT2D eigenvalue weighted by atomic mass is 10.0. The summed E-state index contributed by atoms with van der Waals surface area (Å²) in [6.07, 6.45) is 2.17. The molecule has 0 saturated heterocycles. The van der Waals surface area contributed by atoms with E-state index in [4.69, 9.17) is 9.47 Å². The van der Waals surface area contributed by atoms with Crippen LogP contribution in [0.25, 0.3) is 0 Å². The number of hydrogen-bond donors (Lipinski definition) is 1. The highest BCUT2D eigenvalue weighted by atomic mass is 79.9. The number of amides is 2. The van der Waals surface area contributed by atoms with Gasteiger partial charge in [0.15, 0.2) is 0 Å². The first kappa shape index (κ1) is 22.2. The van der Waals surface area contributed by atoms with Gasteiger partial charge in [-0.2, -0.15) is 0 Å². The molecule has 1 N–H and O–H groups in total. The lowest BCUT2D eigenvalue weighted by Crippen LogP contribution is -2.37. The van der Waals surface area contributed by atoms with Gasteiger partial charge >= 0.3 is 0 Å². The van der Waals surface area contributed by atoms with Crippen LogP contribution >= 0.6 is 15.9 Å². The Morgan fingerprint density at radius 1 is 1.13 bits per heavy atom. The van der Waals surface area contributed by atoms with E-state index in [9.17, 15) is 9.59 Å². The van der Waals surface area contributed by atoms with Crippen LogP contribution in [0.5, 0.6) is 11.5 Å². The Kier molecular flexibility index (Phi) is 7.37. The van der Waals surface area contributed by atoms with Gasteiger partial charge in [0, 0.05) is 29.5 Å². The van der Waals surface area contributed by atoms with Crippen LogP contribution in [0.1, 0.15) is 43.4 Å². The van der Waals surface area contributed by atoms with Crippen molar-refractivity contribution in [3.8, 4) is 11.5 Å². The summed E-state index contributed by atoms with van der Waals surface area (Å²) in [5.41, 5.74) is 1.80. The van der Waals surface area contributed by atoms with Gasteiger partial charge in [0.25, 0.3) is 0 Å². The molecule has 1 atom stereocenters. The maximum atomic E-state index is 13.3. The minimum absolute atomic E-state index is 0.00374. The minimum atomic E-state index is -0.378. The number of halogens is 1. The summed E-state index contributed by atoms with van der Waals surface area (Å²) in [7, 11) is 3.24. The Morgan fingerprint density at radius 3 is 2.40 bits per heavy atom. The van der Waals surface area contributed by atoms with E-state index < -0.39 is 0 Å². The third-order valence-electron chi connectivity index (χ3n) is 5.16. The third kappa shape index (κ3) is 5.75. The maximum absolute atomic E-state index is 13.3. The number of carbonyl (C=O) groups is 2. The molecule has 1 unspecified atom stereocenters. The highest BCUT2D eigenvalue weighted by Crippen LogP contribution is 2.33. The predicted molar refractivity (Wildman–Crippen MR) is 118 cm³/mol. The molecular weight excluding hydrogens is 448 g/mol. The van der Waals surface area contributed by atoms with E-state index in [1.807, 2.05) is 47.4 Å². The van der Waals surface area contributed by atoms with Crippen LogP contribution in [-0.2, 0) is 16.1 Å². The van der Waals surface area contributed by atoms with Gasteiger partial charge in [-0.15, -0.1) is 0 Å². The molecule has 0 aliphatic heterocycles. The quantitative estimate of drug-likeness (QED) is 0.590. The zero-order valence-corrected chi connectivity index (χ0v) is 19.1. The number of methoxy groups -OCH3 is 2. The van der Waals surface area contributed by atoms with Crippen LogP contribution in [0, 0.1) is 0 Å². The van der Waals surface area contributed by atoms with Gasteiger partial charge in [-0.3, -0.25) is 9.59 Å². The summed E-state index contributed by atoms with van der Waals surface area (Å²) in [4.78, 5) is 27.0. The van der Waals surface area contributed by atoms with Gasteiger partial charge in [-0.05, 0) is 48.7 Å². The Labute approximate surface area is 185 Å². The Morgan fingerprint density at radius 2 is 1.83 bits per heavy atom. The van der Waals surface area contributed by atoms with Crippen molar-refractivity contribution in [2.24, 2.45) is 0 Å². The first-order chi connectivity index (χ1) is 14.4. The molecule has 1 fully saturated rings. The van der Waals surface area contributed by atoms with Gasteiger partial charge < -0.3 is 19.7 Å². The van der Waals surface area contributed by atoms with Crippen LogP contribution in [0.3, 0.4) is 0 Å². The van der Waals surface area contributed by atoms with Crippen LogP contribution in [-0.4, -0.2) is 37.0 Å². The number of nitrogens with zero attached hydrogens (tertiary/aromatic N) is 1. The van der Waals surface area contributed by atoms with Crippen molar-refractivity contribution in [3.63, 3.8) is 0 Å². The summed E-state index contributed by atoms with van der Waals surface area (Å²) in [6.45, 7) is 1.91. The zero-order chi connectivity index (χ0) is 21.7. The van der Waals surface area contributed by atoms with Crippen molar-refractivity contribution in [3.05, 3.63) is 58.1 Å². The molecule has 1 aliphatic carbocycles. The number of hydrogen-bond acceptors (Lipinski definition) is 4. The second kappa shape index (κ2) is 9.98. The Balaban J connectivity index is 1.81. The predicted octanol–water partition coefficient (Wildman–Crippen LogP) is 4.22.